The van der Waals surface area contributed by atoms with Crippen molar-refractivity contribution in [3.63, 3.8) is 0 Å². The van der Waals surface area contributed by atoms with Crippen LogP contribution < -0.4 is 5.32 Å². The fourth-order valence-electron chi connectivity index (χ4n) is 2.53. The van der Waals surface area contributed by atoms with Crippen LogP contribution in [0, 0.1) is 6.92 Å². The minimum Gasteiger partial charge on any atom is -0.325 e. The molecule has 1 N–H and O–H groups in total. The minimum atomic E-state index is -0.139. The lowest BCUT2D eigenvalue weighted by molar-refractivity contribution is -0.113. The van der Waals surface area contributed by atoms with Crippen LogP contribution >= 0.6 is 11.8 Å². The maximum atomic E-state index is 12.1. The van der Waals surface area contributed by atoms with Gasteiger partial charge >= 0.3 is 0 Å². The first kappa shape index (κ1) is 18.8. The Hall–Kier alpha value is -2.99. The number of aryl methyl sites for hydroxylation is 1. The molecule has 0 aliphatic carbocycles. The SMILES string of the molecule is CC(=O)c1ccc(NC(=O)CSc2ccc(-c3ccccc3C)nn2)cc1. The van der Waals surface area contributed by atoms with Crippen LogP contribution in [0.25, 0.3) is 11.3 Å². The van der Waals surface area contributed by atoms with Gasteiger partial charge in [-0.2, -0.15) is 0 Å². The van der Waals surface area contributed by atoms with Gasteiger partial charge in [-0.25, -0.2) is 0 Å². The molecule has 0 spiro atoms. The smallest absolute Gasteiger partial charge is 0.234 e. The lowest BCUT2D eigenvalue weighted by atomic mass is 10.1. The average Bonchev–Trinajstić information content (AvgIpc) is 2.68. The van der Waals surface area contributed by atoms with E-state index in [1.807, 2.05) is 43.3 Å². The van der Waals surface area contributed by atoms with Gasteiger partial charge < -0.3 is 5.32 Å². The predicted molar refractivity (Wildman–Crippen MR) is 108 cm³/mol. The van der Waals surface area contributed by atoms with Crippen molar-refractivity contribution < 1.29 is 9.59 Å². The summed E-state index contributed by atoms with van der Waals surface area (Å²) in [5.41, 5.74) is 4.28. The van der Waals surface area contributed by atoms with Crippen molar-refractivity contribution >= 4 is 29.1 Å². The van der Waals surface area contributed by atoms with E-state index < -0.39 is 0 Å². The molecule has 3 aromatic rings. The maximum absolute atomic E-state index is 12.1. The third kappa shape index (κ3) is 5.01. The number of nitrogens with one attached hydrogen (secondary N) is 1. The number of amides is 1. The fraction of sp³-hybridized carbons (Fsp3) is 0.143. The first-order valence-corrected chi connectivity index (χ1v) is 9.45. The van der Waals surface area contributed by atoms with Crippen LogP contribution in [0.2, 0.25) is 0 Å². The van der Waals surface area contributed by atoms with Crippen molar-refractivity contribution in [2.24, 2.45) is 0 Å². The molecule has 0 atom stereocenters. The van der Waals surface area contributed by atoms with Gasteiger partial charge in [-0.3, -0.25) is 9.59 Å². The second kappa shape index (κ2) is 8.60. The summed E-state index contributed by atoms with van der Waals surface area (Å²) in [6, 6.07) is 18.6. The van der Waals surface area contributed by atoms with Crippen molar-refractivity contribution in [2.45, 2.75) is 18.9 Å². The number of Topliss-reactive ketones (excluding diaryl/α,β-unsaturated/α-hetero) is 1. The van der Waals surface area contributed by atoms with Gasteiger partial charge in [-0.05, 0) is 55.8 Å². The zero-order valence-corrected chi connectivity index (χ0v) is 15.9. The number of hydrogen-bond acceptors (Lipinski definition) is 5. The summed E-state index contributed by atoms with van der Waals surface area (Å²) in [5, 5.41) is 12.0. The van der Waals surface area contributed by atoms with E-state index in [1.165, 1.54) is 18.7 Å². The highest BCUT2D eigenvalue weighted by atomic mass is 32.2. The Labute approximate surface area is 162 Å². The summed E-state index contributed by atoms with van der Waals surface area (Å²) in [7, 11) is 0. The molecule has 0 unspecified atom stereocenters. The lowest BCUT2D eigenvalue weighted by Crippen LogP contribution is -2.14. The topological polar surface area (TPSA) is 72.0 Å². The number of nitrogens with zero attached hydrogens (tertiary/aromatic N) is 2. The van der Waals surface area contributed by atoms with Crippen molar-refractivity contribution in [2.75, 3.05) is 11.1 Å². The Bertz CT molecular complexity index is 954. The molecule has 0 saturated carbocycles. The number of carbonyl (C=O) groups excluding carboxylic acids is 2. The van der Waals surface area contributed by atoms with E-state index in [4.69, 9.17) is 0 Å². The van der Waals surface area contributed by atoms with Crippen LogP contribution in [0.3, 0.4) is 0 Å². The molecule has 0 radical (unpaired) electrons. The maximum Gasteiger partial charge on any atom is 0.234 e. The minimum absolute atomic E-state index is 0.00356. The molecule has 5 nitrogen and oxygen atoms in total. The first-order valence-electron chi connectivity index (χ1n) is 8.46. The Morgan fingerprint density at radius 2 is 1.70 bits per heavy atom. The van der Waals surface area contributed by atoms with Crippen molar-refractivity contribution in [1.29, 1.82) is 0 Å². The molecular formula is C21H19N3O2S. The van der Waals surface area contributed by atoms with E-state index >= 15 is 0 Å². The van der Waals surface area contributed by atoms with E-state index in [9.17, 15) is 9.59 Å². The van der Waals surface area contributed by atoms with Crippen LogP contribution in [0.4, 0.5) is 5.69 Å². The molecule has 0 fully saturated rings. The standard InChI is InChI=1S/C21H19N3O2S/c1-14-5-3-4-6-18(14)19-11-12-21(24-23-19)27-13-20(26)22-17-9-7-16(8-10-17)15(2)25/h3-12H,13H2,1-2H3,(H,22,26). The molecule has 0 saturated heterocycles. The second-order valence-corrected chi connectivity index (χ2v) is 7.04. The van der Waals surface area contributed by atoms with Crippen molar-refractivity contribution in [3.05, 3.63) is 71.8 Å². The monoisotopic (exact) mass is 377 g/mol. The van der Waals surface area contributed by atoms with Crippen LogP contribution in [-0.4, -0.2) is 27.6 Å². The largest absolute Gasteiger partial charge is 0.325 e. The number of anilines is 1. The summed E-state index contributed by atoms with van der Waals surface area (Å²) in [4.78, 5) is 23.4. The quantitative estimate of drug-likeness (QED) is 0.510. The van der Waals surface area contributed by atoms with E-state index in [2.05, 4.69) is 15.5 Å². The van der Waals surface area contributed by atoms with Crippen LogP contribution in [0.15, 0.2) is 65.7 Å². The summed E-state index contributed by atoms with van der Waals surface area (Å²) >= 11 is 1.32. The normalized spacial score (nSPS) is 10.4. The highest BCUT2D eigenvalue weighted by Crippen LogP contribution is 2.22. The lowest BCUT2D eigenvalue weighted by Gasteiger charge is -2.06. The third-order valence-corrected chi connectivity index (χ3v) is 4.91. The molecule has 0 aliphatic heterocycles. The molecule has 1 aromatic heterocycles. The van der Waals surface area contributed by atoms with Crippen molar-refractivity contribution in [1.82, 2.24) is 10.2 Å². The van der Waals surface area contributed by atoms with Gasteiger partial charge in [0.15, 0.2) is 5.78 Å². The number of hydrogen-bond donors (Lipinski definition) is 1. The van der Waals surface area contributed by atoms with Crippen LogP contribution in [0.5, 0.6) is 0 Å². The molecule has 0 aliphatic rings. The molecule has 2 aromatic carbocycles. The van der Waals surface area contributed by atoms with Crippen LogP contribution in [-0.2, 0) is 4.79 Å². The number of aromatic nitrogens is 2. The molecule has 27 heavy (non-hydrogen) atoms. The molecular weight excluding hydrogens is 358 g/mol. The molecule has 1 amide bonds. The molecule has 6 heteroatoms. The van der Waals surface area contributed by atoms with Gasteiger partial charge in [0.1, 0.15) is 5.03 Å². The number of ketones is 1. The van der Waals surface area contributed by atoms with Crippen LogP contribution in [0.1, 0.15) is 22.8 Å². The highest BCUT2D eigenvalue weighted by Gasteiger charge is 2.08. The van der Waals surface area contributed by atoms with Gasteiger partial charge in [0.25, 0.3) is 0 Å². The number of rotatable bonds is 6. The zero-order valence-electron chi connectivity index (χ0n) is 15.1. The predicted octanol–water partition coefficient (Wildman–Crippen LogP) is 4.39. The van der Waals surface area contributed by atoms with E-state index in [0.29, 0.717) is 16.3 Å². The Morgan fingerprint density at radius 3 is 2.33 bits per heavy atom. The highest BCUT2D eigenvalue weighted by molar-refractivity contribution is 7.99. The Kier molecular flexibility index (Phi) is 5.98. The first-order chi connectivity index (χ1) is 13.0. The summed E-state index contributed by atoms with van der Waals surface area (Å²) < 4.78 is 0. The zero-order chi connectivity index (χ0) is 19.2. The average molecular weight is 377 g/mol. The summed E-state index contributed by atoms with van der Waals surface area (Å²) in [5.74, 6) is 0.0869. The molecule has 136 valence electrons. The second-order valence-electron chi connectivity index (χ2n) is 6.04. The van der Waals surface area contributed by atoms with E-state index in [0.717, 1.165) is 16.8 Å². The van der Waals surface area contributed by atoms with Gasteiger partial charge in [-0.15, -0.1) is 10.2 Å². The summed E-state index contributed by atoms with van der Waals surface area (Å²) in [6.07, 6.45) is 0. The molecule has 1 heterocycles. The number of carbonyl (C=O) groups is 2. The van der Waals surface area contributed by atoms with Gasteiger partial charge in [-0.1, -0.05) is 36.0 Å². The Morgan fingerprint density at radius 1 is 0.963 bits per heavy atom. The van der Waals surface area contributed by atoms with Gasteiger partial charge in [0, 0.05) is 16.8 Å². The van der Waals surface area contributed by atoms with Gasteiger partial charge in [0.2, 0.25) is 5.91 Å². The Balaban J connectivity index is 1.56. The fourth-order valence-corrected chi connectivity index (χ4v) is 3.14. The third-order valence-electron chi connectivity index (χ3n) is 3.99. The number of thioether (sulfide) groups is 1. The van der Waals surface area contributed by atoms with E-state index in [-0.39, 0.29) is 17.4 Å². The molecule has 0 bridgehead atoms. The summed E-state index contributed by atoms with van der Waals surface area (Å²) in [6.45, 7) is 3.54. The van der Waals surface area contributed by atoms with Crippen molar-refractivity contribution in [3.8, 4) is 11.3 Å². The molecule has 3 rings (SSSR count). The number of benzene rings is 2. The van der Waals surface area contributed by atoms with Gasteiger partial charge in [0.05, 0.1) is 11.4 Å². The van der Waals surface area contributed by atoms with E-state index in [1.54, 1.807) is 24.3 Å².